The van der Waals surface area contributed by atoms with Crippen LogP contribution in [0.15, 0.2) is 30.3 Å². The van der Waals surface area contributed by atoms with Gasteiger partial charge >= 0.3 is 5.97 Å². The van der Waals surface area contributed by atoms with Crippen LogP contribution < -0.4 is 5.32 Å². The lowest BCUT2D eigenvalue weighted by Crippen LogP contribution is -2.46. The third-order valence-electron chi connectivity index (χ3n) is 7.15. The van der Waals surface area contributed by atoms with E-state index in [1.54, 1.807) is 0 Å². The van der Waals surface area contributed by atoms with Crippen molar-refractivity contribution in [2.24, 2.45) is 5.92 Å². The molecule has 2 N–H and O–H groups in total. The molecule has 3 atom stereocenters. The number of nitrogens with one attached hydrogen (secondary N) is 1. The van der Waals surface area contributed by atoms with Gasteiger partial charge in [-0.3, -0.25) is 14.5 Å². The van der Waals surface area contributed by atoms with E-state index in [9.17, 15) is 14.7 Å². The van der Waals surface area contributed by atoms with Crippen molar-refractivity contribution < 1.29 is 14.7 Å². The van der Waals surface area contributed by atoms with Crippen LogP contribution in [0.2, 0.25) is 0 Å². The van der Waals surface area contributed by atoms with E-state index in [1.807, 2.05) is 6.07 Å². The summed E-state index contributed by atoms with van der Waals surface area (Å²) in [5, 5.41) is 12.6. The number of nitrogens with zero attached hydrogens (tertiary/aromatic N) is 1. The summed E-state index contributed by atoms with van der Waals surface area (Å²) in [6.07, 6.45) is 8.55. The molecular weight excluding hydrogens is 340 g/mol. The topological polar surface area (TPSA) is 69.6 Å². The summed E-state index contributed by atoms with van der Waals surface area (Å²) in [5.74, 6) is -0.970. The van der Waals surface area contributed by atoms with E-state index in [2.05, 4.69) is 34.5 Å². The Bertz CT molecular complexity index is 684. The Balaban J connectivity index is 1.39. The standard InChI is InChI=1S/C22H30N2O3/c25-20(14-24-17-9-10-19(24)18(13-17)21(26)27)23-15-22(11-5-2-6-12-22)16-7-3-1-4-8-16/h1,3-4,7-8,17-19H,2,5-6,9-15H2,(H,23,25)(H,26,27). The monoisotopic (exact) mass is 370 g/mol. The van der Waals surface area contributed by atoms with Gasteiger partial charge in [0.15, 0.2) is 0 Å². The summed E-state index contributed by atoms with van der Waals surface area (Å²) >= 11 is 0. The first-order valence-electron chi connectivity index (χ1n) is 10.4. The maximum absolute atomic E-state index is 12.7. The molecule has 2 saturated heterocycles. The van der Waals surface area contributed by atoms with Crippen molar-refractivity contribution in [2.45, 2.75) is 68.9 Å². The van der Waals surface area contributed by atoms with E-state index < -0.39 is 5.97 Å². The van der Waals surface area contributed by atoms with Crippen molar-refractivity contribution in [1.29, 1.82) is 0 Å². The number of aliphatic carboxylic acids is 1. The Morgan fingerprint density at radius 1 is 1.11 bits per heavy atom. The number of fused-ring (bicyclic) bond motifs is 2. The number of carbonyl (C=O) groups excluding carboxylic acids is 1. The quantitative estimate of drug-likeness (QED) is 0.808. The molecule has 5 heteroatoms. The zero-order valence-corrected chi connectivity index (χ0v) is 15.9. The third kappa shape index (κ3) is 3.62. The lowest BCUT2D eigenvalue weighted by molar-refractivity contribution is -0.143. The molecule has 3 unspecified atom stereocenters. The fraction of sp³-hybridized carbons (Fsp3) is 0.636. The lowest BCUT2D eigenvalue weighted by Gasteiger charge is -2.38. The predicted molar refractivity (Wildman–Crippen MR) is 103 cm³/mol. The molecule has 2 heterocycles. The fourth-order valence-electron chi connectivity index (χ4n) is 5.69. The fourth-order valence-corrected chi connectivity index (χ4v) is 5.69. The van der Waals surface area contributed by atoms with Gasteiger partial charge in [0.2, 0.25) is 5.91 Å². The van der Waals surface area contributed by atoms with E-state index in [-0.39, 0.29) is 29.3 Å². The number of hydrogen-bond acceptors (Lipinski definition) is 3. The molecule has 0 radical (unpaired) electrons. The van der Waals surface area contributed by atoms with Gasteiger partial charge in [-0.15, -0.1) is 0 Å². The van der Waals surface area contributed by atoms with Gasteiger partial charge in [-0.1, -0.05) is 49.6 Å². The van der Waals surface area contributed by atoms with Crippen molar-refractivity contribution in [3.63, 3.8) is 0 Å². The summed E-state index contributed by atoms with van der Waals surface area (Å²) in [6, 6.07) is 10.9. The van der Waals surface area contributed by atoms with Crippen LogP contribution in [0.5, 0.6) is 0 Å². The van der Waals surface area contributed by atoms with E-state index in [0.717, 1.165) is 25.7 Å². The minimum atomic E-state index is -0.710. The Morgan fingerprint density at radius 3 is 2.52 bits per heavy atom. The first-order valence-corrected chi connectivity index (χ1v) is 10.4. The van der Waals surface area contributed by atoms with Gasteiger partial charge in [0.1, 0.15) is 0 Å². The highest BCUT2D eigenvalue weighted by atomic mass is 16.4. The average molecular weight is 370 g/mol. The van der Waals surface area contributed by atoms with Crippen LogP contribution >= 0.6 is 0 Å². The van der Waals surface area contributed by atoms with Crippen LogP contribution in [0.25, 0.3) is 0 Å². The second-order valence-electron chi connectivity index (χ2n) is 8.64. The molecule has 0 spiro atoms. The zero-order chi connectivity index (χ0) is 18.9. The molecular formula is C22H30N2O3. The van der Waals surface area contributed by atoms with Crippen molar-refractivity contribution >= 4 is 11.9 Å². The molecule has 146 valence electrons. The van der Waals surface area contributed by atoms with Crippen LogP contribution in [-0.4, -0.2) is 47.1 Å². The van der Waals surface area contributed by atoms with Crippen molar-refractivity contribution in [3.8, 4) is 0 Å². The molecule has 27 heavy (non-hydrogen) atoms. The van der Waals surface area contributed by atoms with E-state index in [4.69, 9.17) is 0 Å². The first-order chi connectivity index (χ1) is 13.1. The second kappa shape index (κ2) is 7.63. The van der Waals surface area contributed by atoms with Gasteiger partial charge < -0.3 is 10.4 Å². The molecule has 1 amide bonds. The molecule has 3 fully saturated rings. The van der Waals surface area contributed by atoms with E-state index in [1.165, 1.54) is 24.8 Å². The van der Waals surface area contributed by atoms with Crippen LogP contribution in [-0.2, 0) is 15.0 Å². The normalized spacial score (nSPS) is 29.6. The second-order valence-corrected chi connectivity index (χ2v) is 8.64. The minimum Gasteiger partial charge on any atom is -0.481 e. The number of hydrogen-bond donors (Lipinski definition) is 2. The largest absolute Gasteiger partial charge is 0.481 e. The molecule has 1 saturated carbocycles. The zero-order valence-electron chi connectivity index (χ0n) is 15.9. The molecule has 0 aromatic heterocycles. The van der Waals surface area contributed by atoms with Gasteiger partial charge in [-0.05, 0) is 37.7 Å². The molecule has 4 rings (SSSR count). The molecule has 1 aromatic rings. The van der Waals surface area contributed by atoms with E-state index >= 15 is 0 Å². The van der Waals surface area contributed by atoms with Gasteiger partial charge in [0.05, 0.1) is 12.5 Å². The minimum absolute atomic E-state index is 0.0380. The SMILES string of the molecule is O=C(CN1C2CCC1C(C(=O)O)C2)NCC1(c2ccccc2)CCCCC1. The Kier molecular flexibility index (Phi) is 5.22. The molecule has 3 aliphatic rings. The predicted octanol–water partition coefficient (Wildman–Crippen LogP) is 2.94. The van der Waals surface area contributed by atoms with Gasteiger partial charge in [-0.25, -0.2) is 0 Å². The smallest absolute Gasteiger partial charge is 0.308 e. The maximum atomic E-state index is 12.7. The highest BCUT2D eigenvalue weighted by molar-refractivity contribution is 5.79. The third-order valence-corrected chi connectivity index (χ3v) is 7.15. The summed E-state index contributed by atoms with van der Waals surface area (Å²) in [6.45, 7) is 1.02. The van der Waals surface area contributed by atoms with Crippen LogP contribution in [0.3, 0.4) is 0 Å². The van der Waals surface area contributed by atoms with Crippen LogP contribution in [0, 0.1) is 5.92 Å². The Labute approximate surface area is 161 Å². The molecule has 2 aliphatic heterocycles. The first kappa shape index (κ1) is 18.5. The van der Waals surface area contributed by atoms with Crippen LogP contribution in [0.1, 0.15) is 56.9 Å². The summed E-state index contributed by atoms with van der Waals surface area (Å²) in [5.41, 5.74) is 1.38. The molecule has 2 bridgehead atoms. The number of carboxylic acids is 1. The Morgan fingerprint density at radius 2 is 1.85 bits per heavy atom. The highest BCUT2D eigenvalue weighted by Gasteiger charge is 2.49. The van der Waals surface area contributed by atoms with Crippen molar-refractivity contribution in [2.75, 3.05) is 13.1 Å². The number of rotatable bonds is 6. The van der Waals surface area contributed by atoms with Crippen molar-refractivity contribution in [1.82, 2.24) is 10.2 Å². The summed E-state index contributed by atoms with van der Waals surface area (Å²) in [4.78, 5) is 26.3. The molecule has 5 nitrogen and oxygen atoms in total. The van der Waals surface area contributed by atoms with E-state index in [0.29, 0.717) is 19.5 Å². The summed E-state index contributed by atoms with van der Waals surface area (Å²) in [7, 11) is 0. The lowest BCUT2D eigenvalue weighted by atomic mass is 9.69. The Hall–Kier alpha value is -1.88. The number of carbonyl (C=O) groups is 2. The van der Waals surface area contributed by atoms with Gasteiger partial charge in [-0.2, -0.15) is 0 Å². The number of benzene rings is 1. The summed E-state index contributed by atoms with van der Waals surface area (Å²) < 4.78 is 0. The highest BCUT2D eigenvalue weighted by Crippen LogP contribution is 2.42. The molecule has 1 aliphatic carbocycles. The number of carboxylic acid groups (broad SMARTS) is 1. The average Bonchev–Trinajstić information content (AvgIpc) is 3.25. The maximum Gasteiger partial charge on any atom is 0.308 e. The van der Waals surface area contributed by atoms with Gasteiger partial charge in [0.25, 0.3) is 0 Å². The van der Waals surface area contributed by atoms with Gasteiger partial charge in [0, 0.05) is 24.0 Å². The van der Waals surface area contributed by atoms with Crippen molar-refractivity contribution in [3.05, 3.63) is 35.9 Å². The number of amides is 1. The van der Waals surface area contributed by atoms with Crippen LogP contribution in [0.4, 0.5) is 0 Å². The molecule has 1 aromatic carbocycles.